The average Bonchev–Trinajstić information content (AvgIpc) is 2.67. The van der Waals surface area contributed by atoms with Crippen molar-refractivity contribution in [3.05, 3.63) is 41.9 Å². The summed E-state index contributed by atoms with van der Waals surface area (Å²) >= 11 is 0. The molecule has 0 aromatic heterocycles. The maximum Gasteiger partial charge on any atom is 0.375 e. The molecule has 0 spiro atoms. The lowest BCUT2D eigenvalue weighted by Gasteiger charge is -2.17. The predicted molar refractivity (Wildman–Crippen MR) is 66.0 cm³/mol. The van der Waals surface area contributed by atoms with Crippen molar-refractivity contribution in [3.8, 4) is 0 Å². The zero-order valence-corrected chi connectivity index (χ0v) is 10.5. The fourth-order valence-corrected chi connectivity index (χ4v) is 1.60. The molecule has 0 radical (unpaired) electrons. The van der Waals surface area contributed by atoms with Crippen LogP contribution in [0.2, 0.25) is 0 Å². The molecule has 1 amide bonds. The summed E-state index contributed by atoms with van der Waals surface area (Å²) in [4.78, 5) is 23.0. The van der Waals surface area contributed by atoms with E-state index < -0.39 is 23.4 Å². The summed E-state index contributed by atoms with van der Waals surface area (Å²) in [5, 5.41) is 11.5. The number of benzene rings is 1. The van der Waals surface area contributed by atoms with E-state index in [1.165, 1.54) is 13.8 Å². The second-order valence-electron chi connectivity index (χ2n) is 4.39. The van der Waals surface area contributed by atoms with Crippen molar-refractivity contribution in [1.82, 2.24) is 0 Å². The molecule has 0 bridgehead atoms. The minimum absolute atomic E-state index is 0.332. The van der Waals surface area contributed by atoms with Crippen molar-refractivity contribution in [2.75, 3.05) is 5.32 Å². The number of carbonyl (C=O) groups is 2. The van der Waals surface area contributed by atoms with Crippen LogP contribution >= 0.6 is 0 Å². The highest BCUT2D eigenvalue weighted by atomic mass is 16.7. The molecule has 2 rings (SSSR count). The van der Waals surface area contributed by atoms with Crippen LogP contribution in [0.25, 0.3) is 0 Å². The van der Waals surface area contributed by atoms with Crippen molar-refractivity contribution in [2.24, 2.45) is 0 Å². The highest BCUT2D eigenvalue weighted by Crippen LogP contribution is 2.31. The van der Waals surface area contributed by atoms with Crippen molar-refractivity contribution in [3.63, 3.8) is 0 Å². The van der Waals surface area contributed by atoms with Crippen LogP contribution in [0, 0.1) is 0 Å². The summed E-state index contributed by atoms with van der Waals surface area (Å²) in [6.07, 6.45) is 0. The normalized spacial score (nSPS) is 16.5. The predicted octanol–water partition coefficient (Wildman–Crippen LogP) is 1.70. The topological polar surface area (TPSA) is 84.9 Å². The fourth-order valence-electron chi connectivity index (χ4n) is 1.60. The van der Waals surface area contributed by atoms with E-state index in [-0.39, 0.29) is 5.76 Å². The van der Waals surface area contributed by atoms with Crippen LogP contribution < -0.4 is 5.32 Å². The van der Waals surface area contributed by atoms with Crippen molar-refractivity contribution in [1.29, 1.82) is 0 Å². The number of carboxylic acid groups (broad SMARTS) is 1. The van der Waals surface area contributed by atoms with E-state index in [1.54, 1.807) is 30.3 Å². The van der Waals surface area contributed by atoms with Gasteiger partial charge in [0.25, 0.3) is 11.7 Å². The molecule has 6 heteroatoms. The van der Waals surface area contributed by atoms with Crippen molar-refractivity contribution < 1.29 is 24.2 Å². The van der Waals surface area contributed by atoms with Gasteiger partial charge in [-0.25, -0.2) is 4.79 Å². The maximum absolute atomic E-state index is 12.0. The Balaban J connectivity index is 2.22. The third kappa shape index (κ3) is 2.85. The van der Waals surface area contributed by atoms with Crippen LogP contribution in [0.4, 0.5) is 5.69 Å². The summed E-state index contributed by atoms with van der Waals surface area (Å²) in [6.45, 7) is 3.05. The lowest BCUT2D eigenvalue weighted by molar-refractivity contribution is -0.151. The molecule has 0 aliphatic carbocycles. The molecular weight excluding hydrogens is 250 g/mol. The summed E-state index contributed by atoms with van der Waals surface area (Å²) in [5.74, 6) is -3.99. The first-order valence-electron chi connectivity index (χ1n) is 5.61. The number of rotatable bonds is 3. The number of hydrogen-bond donors (Lipinski definition) is 2. The lowest BCUT2D eigenvalue weighted by Crippen LogP contribution is -2.23. The smallest absolute Gasteiger partial charge is 0.375 e. The molecule has 0 saturated heterocycles. The van der Waals surface area contributed by atoms with Gasteiger partial charge in [-0.05, 0) is 12.1 Å². The Morgan fingerprint density at radius 1 is 1.11 bits per heavy atom. The van der Waals surface area contributed by atoms with Gasteiger partial charge in [0, 0.05) is 19.5 Å². The van der Waals surface area contributed by atoms with Crippen LogP contribution in [0.5, 0.6) is 0 Å². The van der Waals surface area contributed by atoms with Crippen molar-refractivity contribution in [2.45, 2.75) is 19.6 Å². The number of aliphatic carboxylic acids is 1. The van der Waals surface area contributed by atoms with Gasteiger partial charge in [-0.2, -0.15) is 0 Å². The Hall–Kier alpha value is -2.50. The van der Waals surface area contributed by atoms with Gasteiger partial charge in [-0.3, -0.25) is 4.79 Å². The minimum Gasteiger partial charge on any atom is -0.475 e. The van der Waals surface area contributed by atoms with Gasteiger partial charge >= 0.3 is 5.97 Å². The zero-order valence-electron chi connectivity index (χ0n) is 10.5. The molecule has 1 aliphatic heterocycles. The number of anilines is 1. The highest BCUT2D eigenvalue weighted by molar-refractivity contribution is 6.06. The van der Waals surface area contributed by atoms with Crippen LogP contribution in [-0.4, -0.2) is 22.8 Å². The average molecular weight is 263 g/mol. The SMILES string of the molecule is CC1(C)OC(C(=O)O)=C(C(=O)Nc2ccccc2)O1. The van der Waals surface area contributed by atoms with Gasteiger partial charge in [0.15, 0.2) is 0 Å². The van der Waals surface area contributed by atoms with Crippen LogP contribution in [0.15, 0.2) is 41.9 Å². The number of carboxylic acids is 1. The first kappa shape index (κ1) is 12.9. The summed E-state index contributed by atoms with van der Waals surface area (Å²) in [7, 11) is 0. The van der Waals surface area contributed by atoms with Gasteiger partial charge < -0.3 is 19.9 Å². The number of nitrogens with one attached hydrogen (secondary N) is 1. The number of amides is 1. The molecule has 1 aromatic carbocycles. The molecule has 1 aromatic rings. The molecule has 1 aliphatic rings. The second-order valence-corrected chi connectivity index (χ2v) is 4.39. The van der Waals surface area contributed by atoms with Gasteiger partial charge in [0.2, 0.25) is 11.5 Å². The van der Waals surface area contributed by atoms with Crippen molar-refractivity contribution >= 4 is 17.6 Å². The first-order chi connectivity index (χ1) is 8.89. The largest absolute Gasteiger partial charge is 0.475 e. The maximum atomic E-state index is 12.0. The van der Waals surface area contributed by atoms with Crippen LogP contribution in [0.3, 0.4) is 0 Å². The Labute approximate surface area is 109 Å². The van der Waals surface area contributed by atoms with E-state index in [2.05, 4.69) is 5.32 Å². The molecular formula is C13H13NO5. The molecule has 0 atom stereocenters. The number of para-hydroxylation sites is 1. The summed E-state index contributed by atoms with van der Waals surface area (Å²) < 4.78 is 10.3. The highest BCUT2D eigenvalue weighted by Gasteiger charge is 2.41. The molecule has 19 heavy (non-hydrogen) atoms. The van der Waals surface area contributed by atoms with E-state index in [0.717, 1.165) is 0 Å². The third-order valence-corrected chi connectivity index (χ3v) is 2.33. The molecule has 0 saturated carbocycles. The molecule has 2 N–H and O–H groups in total. The van der Waals surface area contributed by atoms with E-state index in [4.69, 9.17) is 14.6 Å². The number of ether oxygens (including phenoxy) is 2. The standard InChI is InChI=1S/C13H13NO5/c1-13(2)18-9(10(19-13)12(16)17)11(15)14-8-6-4-3-5-7-8/h3-7H,1-2H3,(H,14,15)(H,16,17). The van der Waals surface area contributed by atoms with E-state index in [0.29, 0.717) is 5.69 Å². The van der Waals surface area contributed by atoms with Gasteiger partial charge in [-0.15, -0.1) is 0 Å². The first-order valence-corrected chi connectivity index (χ1v) is 5.61. The van der Waals surface area contributed by atoms with E-state index >= 15 is 0 Å². The third-order valence-electron chi connectivity index (χ3n) is 2.33. The van der Waals surface area contributed by atoms with E-state index in [9.17, 15) is 9.59 Å². The Bertz CT molecular complexity index is 547. The quantitative estimate of drug-likeness (QED) is 0.867. The van der Waals surface area contributed by atoms with Gasteiger partial charge in [0.05, 0.1) is 0 Å². The molecule has 0 fully saturated rings. The van der Waals surface area contributed by atoms with Gasteiger partial charge in [-0.1, -0.05) is 18.2 Å². The monoisotopic (exact) mass is 263 g/mol. The van der Waals surface area contributed by atoms with Gasteiger partial charge in [0.1, 0.15) is 0 Å². The zero-order chi connectivity index (χ0) is 14.0. The van der Waals surface area contributed by atoms with Crippen LogP contribution in [0.1, 0.15) is 13.8 Å². The molecule has 1 heterocycles. The Kier molecular flexibility index (Phi) is 3.16. The summed E-state index contributed by atoms with van der Waals surface area (Å²) in [5.41, 5.74) is 0.540. The fraction of sp³-hybridized carbons (Fsp3) is 0.231. The minimum atomic E-state index is -1.34. The molecule has 100 valence electrons. The molecule has 0 unspecified atom stereocenters. The van der Waals surface area contributed by atoms with E-state index in [1.807, 2.05) is 0 Å². The molecule has 6 nitrogen and oxygen atoms in total. The number of carbonyl (C=O) groups excluding carboxylic acids is 1. The Morgan fingerprint density at radius 3 is 2.26 bits per heavy atom. The Morgan fingerprint density at radius 2 is 1.68 bits per heavy atom. The van der Waals surface area contributed by atoms with Crippen LogP contribution in [-0.2, 0) is 19.1 Å². The summed E-state index contributed by atoms with van der Waals surface area (Å²) in [6, 6.07) is 8.66. The lowest BCUT2D eigenvalue weighted by atomic mass is 10.3. The second kappa shape index (κ2) is 4.64. The number of hydrogen-bond acceptors (Lipinski definition) is 4.